The van der Waals surface area contributed by atoms with Gasteiger partial charge in [0.05, 0.1) is 11.8 Å². The number of carbonyl (C=O) groups excluding carboxylic acids is 3. The van der Waals surface area contributed by atoms with Crippen molar-refractivity contribution >= 4 is 35.5 Å². The first-order chi connectivity index (χ1) is 22.8. The van der Waals surface area contributed by atoms with Gasteiger partial charge in [-0.05, 0) is 85.0 Å². The van der Waals surface area contributed by atoms with Gasteiger partial charge in [0, 0.05) is 25.8 Å². The zero-order valence-electron chi connectivity index (χ0n) is 27.0. The number of esters is 2. The molecule has 5 rings (SSSR count). The van der Waals surface area contributed by atoms with Crippen LogP contribution in [0.15, 0.2) is 23.5 Å². The molecule has 1 aromatic rings. The molecule has 0 radical (unpaired) electrons. The number of halogens is 1. The Kier molecular flexibility index (Phi) is 10.9. The molecule has 1 aromatic carbocycles. The van der Waals surface area contributed by atoms with E-state index in [2.05, 4.69) is 17.5 Å². The number of alkyl halides is 1. The second kappa shape index (κ2) is 14.6. The fraction of sp³-hybridized carbons (Fsp3) is 0.688. The highest BCUT2D eigenvalue weighted by Crippen LogP contribution is 2.64. The molecule has 0 spiro atoms. The number of ether oxygens (including phenoxy) is 4. The molecule has 1 aliphatic heterocycles. The van der Waals surface area contributed by atoms with Crippen molar-refractivity contribution in [2.45, 2.75) is 95.0 Å². The zero-order chi connectivity index (χ0) is 34.9. The van der Waals surface area contributed by atoms with Gasteiger partial charge in [0.2, 0.25) is 6.10 Å². The molecule has 1 unspecified atom stereocenters. The number of aliphatic hydroxyl groups excluding tert-OH is 2. The SMILES string of the molecule is CO[C@H]1O[C@H](C(=O)OC(C(=O)O)[C@H]2CC[C@@H]3[C@H]4CCc5cc(OC(C)=O)ccc5[C@@H]4CC[C@]23C)[C@@H](O)[C@H](O)[C@H]1NC(=O)N(CCCl)N=O. The predicted octanol–water partition coefficient (Wildman–Crippen LogP) is 2.47. The van der Waals surface area contributed by atoms with E-state index in [4.69, 9.17) is 30.5 Å². The maximum Gasteiger partial charge on any atom is 0.345 e. The van der Waals surface area contributed by atoms with Gasteiger partial charge in [0.15, 0.2) is 12.4 Å². The van der Waals surface area contributed by atoms with Crippen LogP contribution in [0.4, 0.5) is 4.79 Å². The summed E-state index contributed by atoms with van der Waals surface area (Å²) in [6.45, 7) is 3.20. The van der Waals surface area contributed by atoms with Crippen LogP contribution >= 0.6 is 11.6 Å². The third-order valence-electron chi connectivity index (χ3n) is 10.9. The van der Waals surface area contributed by atoms with Crippen molar-refractivity contribution in [3.05, 3.63) is 34.2 Å². The molecule has 48 heavy (non-hydrogen) atoms. The minimum Gasteiger partial charge on any atom is -0.478 e. The van der Waals surface area contributed by atoms with Crippen molar-refractivity contribution in [2.24, 2.45) is 28.5 Å². The topological polar surface area (TPSA) is 211 Å². The number of hydrogen-bond acceptors (Lipinski definition) is 12. The lowest BCUT2D eigenvalue weighted by atomic mass is 9.53. The normalized spacial score (nSPS) is 34.4. The van der Waals surface area contributed by atoms with Crippen molar-refractivity contribution < 1.29 is 53.4 Å². The van der Waals surface area contributed by atoms with E-state index in [0.717, 1.165) is 31.2 Å². The number of hydrogen-bond donors (Lipinski definition) is 4. The molecule has 2 amide bonds. The Labute approximate surface area is 282 Å². The lowest BCUT2D eigenvalue weighted by Crippen LogP contribution is -2.66. The lowest BCUT2D eigenvalue weighted by molar-refractivity contribution is -0.260. The van der Waals surface area contributed by atoms with E-state index in [1.807, 2.05) is 18.2 Å². The quantitative estimate of drug-likeness (QED) is 0.0915. The minimum atomic E-state index is -1.94. The van der Waals surface area contributed by atoms with Crippen LogP contribution < -0.4 is 10.1 Å². The van der Waals surface area contributed by atoms with E-state index >= 15 is 0 Å². The summed E-state index contributed by atoms with van der Waals surface area (Å²) in [5.74, 6) is -2.24. The zero-order valence-corrected chi connectivity index (χ0v) is 27.7. The van der Waals surface area contributed by atoms with Crippen molar-refractivity contribution in [1.82, 2.24) is 10.3 Å². The number of carboxylic acids is 1. The number of methoxy groups -OCH3 is 1. The summed E-state index contributed by atoms with van der Waals surface area (Å²) in [4.78, 5) is 61.0. The van der Waals surface area contributed by atoms with E-state index in [1.54, 1.807) is 0 Å². The number of amides is 2. The number of rotatable bonds is 10. The van der Waals surface area contributed by atoms with Gasteiger partial charge in [-0.25, -0.2) is 14.4 Å². The van der Waals surface area contributed by atoms with Crippen LogP contribution in [0, 0.1) is 28.1 Å². The summed E-state index contributed by atoms with van der Waals surface area (Å²) in [6, 6.07) is 3.29. The average Bonchev–Trinajstić information content (AvgIpc) is 3.40. The maximum absolute atomic E-state index is 13.4. The van der Waals surface area contributed by atoms with E-state index in [-0.39, 0.29) is 30.2 Å². The van der Waals surface area contributed by atoms with Crippen LogP contribution in [-0.4, -0.2) is 101 Å². The summed E-state index contributed by atoms with van der Waals surface area (Å²) in [6.07, 6.45) is -4.14. The Morgan fingerprint density at radius 1 is 1.17 bits per heavy atom. The number of aliphatic hydroxyl groups is 2. The monoisotopic (exact) mass is 695 g/mol. The molecule has 1 saturated heterocycles. The fourth-order valence-electron chi connectivity index (χ4n) is 8.71. The molecule has 16 heteroatoms. The second-order valence-electron chi connectivity index (χ2n) is 13.3. The molecule has 0 aromatic heterocycles. The Bertz CT molecular complexity index is 1410. The lowest BCUT2D eigenvalue weighted by Gasteiger charge is -2.51. The van der Waals surface area contributed by atoms with E-state index < -0.39 is 66.1 Å². The van der Waals surface area contributed by atoms with Crippen LogP contribution in [0.5, 0.6) is 5.75 Å². The first-order valence-corrected chi connectivity index (χ1v) is 16.6. The molecule has 3 aliphatic carbocycles. The van der Waals surface area contributed by atoms with Gasteiger partial charge in [0.1, 0.15) is 24.0 Å². The number of carboxylic acid groups (broad SMARTS) is 1. The van der Waals surface area contributed by atoms with Gasteiger partial charge < -0.3 is 39.6 Å². The molecular formula is C32H42ClN3O12. The number of aryl methyl sites for hydroxylation is 1. The predicted molar refractivity (Wildman–Crippen MR) is 167 cm³/mol. The third kappa shape index (κ3) is 6.75. The Hall–Kier alpha value is -3.37. The van der Waals surface area contributed by atoms with Crippen molar-refractivity contribution in [3.8, 4) is 5.75 Å². The van der Waals surface area contributed by atoms with Crippen LogP contribution in [0.1, 0.15) is 63.0 Å². The number of nitroso groups, excluding NO2 is 1. The van der Waals surface area contributed by atoms with Crippen LogP contribution in [0.3, 0.4) is 0 Å². The largest absolute Gasteiger partial charge is 0.478 e. The molecule has 264 valence electrons. The molecule has 11 atom stereocenters. The Morgan fingerprint density at radius 3 is 2.56 bits per heavy atom. The molecule has 0 bridgehead atoms. The van der Waals surface area contributed by atoms with Gasteiger partial charge in [0.25, 0.3) is 0 Å². The Morgan fingerprint density at radius 2 is 1.92 bits per heavy atom. The molecule has 1 heterocycles. The Balaban J connectivity index is 1.28. The van der Waals surface area contributed by atoms with Crippen molar-refractivity contribution in [1.29, 1.82) is 0 Å². The third-order valence-corrected chi connectivity index (χ3v) is 11.0. The minimum absolute atomic E-state index is 0.104. The summed E-state index contributed by atoms with van der Waals surface area (Å²) in [7, 11) is 1.17. The highest BCUT2D eigenvalue weighted by molar-refractivity contribution is 6.18. The average molecular weight is 696 g/mol. The number of nitrogens with zero attached hydrogens (tertiary/aromatic N) is 2. The summed E-state index contributed by atoms with van der Waals surface area (Å²) >= 11 is 5.58. The van der Waals surface area contributed by atoms with Crippen LogP contribution in [0.25, 0.3) is 0 Å². The summed E-state index contributed by atoms with van der Waals surface area (Å²) in [5.41, 5.74) is 1.94. The van der Waals surface area contributed by atoms with Crippen molar-refractivity contribution in [2.75, 3.05) is 19.5 Å². The summed E-state index contributed by atoms with van der Waals surface area (Å²) < 4.78 is 21.7. The summed E-state index contributed by atoms with van der Waals surface area (Å²) in [5, 5.41) is 37.3. The number of aliphatic carboxylic acids is 1. The number of nitrogens with one attached hydrogen (secondary N) is 1. The first-order valence-electron chi connectivity index (χ1n) is 16.1. The molecule has 4 N–H and O–H groups in total. The maximum atomic E-state index is 13.4. The van der Waals surface area contributed by atoms with Gasteiger partial charge in [-0.2, -0.15) is 5.01 Å². The fourth-order valence-corrected chi connectivity index (χ4v) is 8.87. The molecule has 2 saturated carbocycles. The molecular weight excluding hydrogens is 654 g/mol. The van der Waals surface area contributed by atoms with Gasteiger partial charge in [-0.3, -0.25) is 4.79 Å². The number of benzene rings is 1. The first kappa shape index (κ1) is 35.9. The number of urea groups is 1. The van der Waals surface area contributed by atoms with Crippen LogP contribution in [-0.2, 0) is 35.0 Å². The van der Waals surface area contributed by atoms with E-state index in [9.17, 15) is 39.4 Å². The van der Waals surface area contributed by atoms with E-state index in [1.165, 1.54) is 19.6 Å². The smallest absolute Gasteiger partial charge is 0.345 e. The molecule has 15 nitrogen and oxygen atoms in total. The second-order valence-corrected chi connectivity index (χ2v) is 13.7. The standard InChI is InChI=1S/C32H42ClN3O12/c1-15(37)46-17-5-7-18-16(14-17)4-6-20-19(18)10-11-32(2)21(20)8-9-22(32)26(28(40)41)47-29(42)27-25(39)24(38)23(30(45-3)48-27)34-31(43)36(35-44)13-12-33/h5,7,14,19-27,30,38-39H,4,6,8-13H2,1-3H3,(H,34,43)(H,40,41)/t19-,20-,21+,22+,23+,24+,25-,26?,27-,30-,32-/m0/s1. The van der Waals surface area contributed by atoms with Crippen LogP contribution in [0.2, 0.25) is 0 Å². The highest BCUT2D eigenvalue weighted by atomic mass is 35.5. The number of fused-ring (bicyclic) bond motifs is 5. The molecule has 4 aliphatic rings. The van der Waals surface area contributed by atoms with E-state index in [0.29, 0.717) is 29.5 Å². The van der Waals surface area contributed by atoms with Gasteiger partial charge in [-0.15, -0.1) is 16.5 Å². The number of carbonyl (C=O) groups is 4. The molecule has 3 fully saturated rings. The van der Waals surface area contributed by atoms with Gasteiger partial charge >= 0.3 is 23.9 Å². The highest BCUT2D eigenvalue weighted by Gasteiger charge is 2.59. The van der Waals surface area contributed by atoms with Gasteiger partial charge in [-0.1, -0.05) is 13.0 Å². The van der Waals surface area contributed by atoms with Crippen molar-refractivity contribution in [3.63, 3.8) is 0 Å².